The molecule has 0 bridgehead atoms. The molecule has 1 aliphatic rings. The number of aromatic nitrogens is 1. The number of esters is 1. The summed E-state index contributed by atoms with van der Waals surface area (Å²) in [5.41, 5.74) is 5.71. The second-order valence-electron chi connectivity index (χ2n) is 6.87. The average molecular weight is 376 g/mol. The molecule has 0 radical (unpaired) electrons. The van der Waals surface area contributed by atoms with Crippen LogP contribution < -0.4 is 10.1 Å². The van der Waals surface area contributed by atoms with E-state index in [0.29, 0.717) is 0 Å². The lowest BCUT2D eigenvalue weighted by Crippen LogP contribution is -2.17. The summed E-state index contributed by atoms with van der Waals surface area (Å²) in [4.78, 5) is 11.6. The minimum absolute atomic E-state index is 0.381. The van der Waals surface area contributed by atoms with E-state index in [-0.39, 0.29) is 5.97 Å². The van der Waals surface area contributed by atoms with E-state index in [9.17, 15) is 4.79 Å². The summed E-state index contributed by atoms with van der Waals surface area (Å²) in [6.07, 6.45) is 4.25. The van der Waals surface area contributed by atoms with Crippen LogP contribution in [0.3, 0.4) is 0 Å². The maximum atomic E-state index is 11.6. The fourth-order valence-electron chi connectivity index (χ4n) is 3.79. The smallest absolute Gasteiger partial charge is 0.330 e. The van der Waals surface area contributed by atoms with Crippen molar-refractivity contribution in [1.82, 2.24) is 9.88 Å². The van der Waals surface area contributed by atoms with E-state index >= 15 is 0 Å². The third-order valence-electron chi connectivity index (χ3n) is 5.23. The van der Waals surface area contributed by atoms with Crippen LogP contribution in [-0.2, 0) is 22.5 Å². The molecule has 1 aliphatic heterocycles. The van der Waals surface area contributed by atoms with E-state index in [1.807, 2.05) is 18.2 Å². The summed E-state index contributed by atoms with van der Waals surface area (Å²) in [7, 11) is 3.01. The quantitative estimate of drug-likeness (QED) is 0.558. The van der Waals surface area contributed by atoms with E-state index in [1.54, 1.807) is 13.2 Å². The highest BCUT2D eigenvalue weighted by molar-refractivity contribution is 5.91. The van der Waals surface area contributed by atoms with Crippen LogP contribution in [0.5, 0.6) is 5.75 Å². The molecular weight excluding hydrogens is 352 g/mol. The third-order valence-corrected chi connectivity index (χ3v) is 5.23. The number of hydrogen-bond acceptors (Lipinski definition) is 4. The van der Waals surface area contributed by atoms with Crippen LogP contribution in [-0.4, -0.2) is 37.8 Å². The summed E-state index contributed by atoms with van der Waals surface area (Å²) in [5, 5.41) is 4.69. The number of nitrogens with one attached hydrogen (secondary N) is 1. The van der Waals surface area contributed by atoms with Crippen molar-refractivity contribution >= 4 is 22.9 Å². The molecule has 0 amide bonds. The molecule has 5 heteroatoms. The summed E-state index contributed by atoms with van der Waals surface area (Å²) in [5.74, 6) is 0.367. The summed E-state index contributed by atoms with van der Waals surface area (Å²) in [6.45, 7) is 3.01. The van der Waals surface area contributed by atoms with Gasteiger partial charge < -0.3 is 19.4 Å². The lowest BCUT2D eigenvalue weighted by molar-refractivity contribution is -0.134. The van der Waals surface area contributed by atoms with Crippen LogP contribution in [0.1, 0.15) is 11.3 Å². The van der Waals surface area contributed by atoms with Crippen molar-refractivity contribution in [2.45, 2.75) is 13.0 Å². The Morgan fingerprint density at radius 1 is 1.11 bits per heavy atom. The van der Waals surface area contributed by atoms with Gasteiger partial charge in [0.05, 0.1) is 14.2 Å². The number of carbonyl (C=O) groups is 1. The van der Waals surface area contributed by atoms with Gasteiger partial charge in [0.25, 0.3) is 0 Å². The Hall–Kier alpha value is -3.05. The summed E-state index contributed by atoms with van der Waals surface area (Å²) in [6, 6.07) is 14.8. The molecule has 0 fully saturated rings. The summed E-state index contributed by atoms with van der Waals surface area (Å²) < 4.78 is 12.5. The minimum Gasteiger partial charge on any atom is -0.497 e. The van der Waals surface area contributed by atoms with Gasteiger partial charge in [-0.25, -0.2) is 4.79 Å². The van der Waals surface area contributed by atoms with Crippen LogP contribution in [0.2, 0.25) is 0 Å². The number of nitrogens with zero attached hydrogens (tertiary/aromatic N) is 1. The molecule has 0 spiro atoms. The molecule has 4 rings (SSSR count). The van der Waals surface area contributed by atoms with Gasteiger partial charge in [0, 0.05) is 48.7 Å². The number of ether oxygens (including phenoxy) is 2. The highest BCUT2D eigenvalue weighted by Crippen LogP contribution is 2.32. The normalized spacial score (nSPS) is 14.1. The van der Waals surface area contributed by atoms with Gasteiger partial charge in [-0.3, -0.25) is 0 Å². The van der Waals surface area contributed by atoms with Gasteiger partial charge in [0.1, 0.15) is 5.75 Å². The Morgan fingerprint density at radius 2 is 2.00 bits per heavy atom. The highest BCUT2D eigenvalue weighted by Gasteiger charge is 2.13. The average Bonchev–Trinajstić information content (AvgIpc) is 2.91. The topological polar surface area (TPSA) is 52.5 Å². The molecule has 144 valence electrons. The molecule has 2 heterocycles. The van der Waals surface area contributed by atoms with Crippen LogP contribution in [0.4, 0.5) is 0 Å². The zero-order valence-corrected chi connectivity index (χ0v) is 16.2. The minimum atomic E-state index is -0.381. The highest BCUT2D eigenvalue weighted by atomic mass is 16.5. The first kappa shape index (κ1) is 18.3. The zero-order valence-electron chi connectivity index (χ0n) is 16.2. The van der Waals surface area contributed by atoms with Gasteiger partial charge >= 0.3 is 5.97 Å². The van der Waals surface area contributed by atoms with E-state index in [1.165, 1.54) is 29.8 Å². The van der Waals surface area contributed by atoms with Crippen molar-refractivity contribution in [3.8, 4) is 16.9 Å². The second kappa shape index (κ2) is 7.90. The molecule has 0 atom stereocenters. The van der Waals surface area contributed by atoms with Crippen molar-refractivity contribution in [3.63, 3.8) is 0 Å². The number of fused-ring (bicyclic) bond motifs is 3. The largest absolute Gasteiger partial charge is 0.497 e. The second-order valence-corrected chi connectivity index (χ2v) is 6.87. The van der Waals surface area contributed by atoms with Crippen molar-refractivity contribution < 1.29 is 14.3 Å². The standard InChI is InChI=1S/C23H24N2O3/c1-27-20-5-6-21(17(15-20)4-8-23(26)28-2)16-3-7-22-18(13-16)14-19-9-10-24-11-12-25(19)22/h3-8,13-15,24H,9-12H2,1-2H3. The maximum absolute atomic E-state index is 11.6. The van der Waals surface area contributed by atoms with E-state index < -0.39 is 0 Å². The Labute approximate surface area is 164 Å². The van der Waals surface area contributed by atoms with E-state index in [2.05, 4.69) is 34.1 Å². The Kier molecular flexibility index (Phi) is 5.17. The summed E-state index contributed by atoms with van der Waals surface area (Å²) >= 11 is 0. The third kappa shape index (κ3) is 3.53. The number of benzene rings is 2. The van der Waals surface area contributed by atoms with Crippen LogP contribution in [0, 0.1) is 0 Å². The predicted octanol–water partition coefficient (Wildman–Crippen LogP) is 3.65. The molecule has 5 nitrogen and oxygen atoms in total. The molecule has 0 unspecified atom stereocenters. The van der Waals surface area contributed by atoms with Gasteiger partial charge in [-0.1, -0.05) is 12.1 Å². The van der Waals surface area contributed by atoms with Crippen LogP contribution >= 0.6 is 0 Å². The van der Waals surface area contributed by atoms with Crippen LogP contribution in [0.25, 0.3) is 28.1 Å². The van der Waals surface area contributed by atoms with Gasteiger partial charge in [-0.05, 0) is 53.1 Å². The van der Waals surface area contributed by atoms with Crippen molar-refractivity contribution in [2.24, 2.45) is 0 Å². The maximum Gasteiger partial charge on any atom is 0.330 e. The van der Waals surface area contributed by atoms with Gasteiger partial charge in [-0.2, -0.15) is 0 Å². The monoisotopic (exact) mass is 376 g/mol. The molecule has 0 saturated carbocycles. The van der Waals surface area contributed by atoms with Crippen molar-refractivity contribution in [2.75, 3.05) is 27.3 Å². The first-order valence-corrected chi connectivity index (χ1v) is 9.47. The Morgan fingerprint density at radius 3 is 2.82 bits per heavy atom. The van der Waals surface area contributed by atoms with Gasteiger partial charge in [-0.15, -0.1) is 0 Å². The first-order valence-electron chi connectivity index (χ1n) is 9.47. The first-order chi connectivity index (χ1) is 13.7. The predicted molar refractivity (Wildman–Crippen MR) is 112 cm³/mol. The Bertz CT molecular complexity index is 1050. The molecule has 3 aromatic rings. The van der Waals surface area contributed by atoms with Crippen molar-refractivity contribution in [3.05, 3.63) is 59.8 Å². The number of methoxy groups -OCH3 is 2. The molecule has 1 N–H and O–H groups in total. The molecule has 1 aromatic heterocycles. The molecule has 28 heavy (non-hydrogen) atoms. The van der Waals surface area contributed by atoms with Crippen molar-refractivity contribution in [1.29, 1.82) is 0 Å². The molecule has 0 saturated heterocycles. The van der Waals surface area contributed by atoms with E-state index in [4.69, 9.17) is 9.47 Å². The number of carbonyl (C=O) groups excluding carboxylic acids is 1. The molecular formula is C23H24N2O3. The number of rotatable bonds is 4. The lowest BCUT2D eigenvalue weighted by Gasteiger charge is -2.10. The van der Waals surface area contributed by atoms with E-state index in [0.717, 1.165) is 48.5 Å². The van der Waals surface area contributed by atoms with Gasteiger partial charge in [0.15, 0.2) is 0 Å². The number of hydrogen-bond donors (Lipinski definition) is 1. The lowest BCUT2D eigenvalue weighted by atomic mass is 9.98. The SMILES string of the molecule is COC(=O)C=Cc1cc(OC)ccc1-c1ccc2c(c1)cc1n2CCNCC1. The fraction of sp³-hybridized carbons (Fsp3) is 0.261. The van der Waals surface area contributed by atoms with Crippen LogP contribution in [0.15, 0.2) is 48.5 Å². The van der Waals surface area contributed by atoms with Gasteiger partial charge in [0.2, 0.25) is 0 Å². The molecule has 2 aromatic carbocycles. The fourth-order valence-corrected chi connectivity index (χ4v) is 3.79. The molecule has 0 aliphatic carbocycles. The Balaban J connectivity index is 1.78. The zero-order chi connectivity index (χ0) is 19.5.